The van der Waals surface area contributed by atoms with Crippen LogP contribution >= 0.6 is 0 Å². The van der Waals surface area contributed by atoms with Crippen molar-refractivity contribution in [1.82, 2.24) is 10.0 Å². The normalized spacial score (nSPS) is 12.6. The quantitative estimate of drug-likeness (QED) is 0.765. The van der Waals surface area contributed by atoms with Gasteiger partial charge < -0.3 is 10.1 Å². The number of nitrogens with one attached hydrogen (secondary N) is 2. The third kappa shape index (κ3) is 5.35. The molecule has 21 heavy (non-hydrogen) atoms. The van der Waals surface area contributed by atoms with Gasteiger partial charge in [-0.1, -0.05) is 13.0 Å². The maximum absolute atomic E-state index is 13.4. The highest BCUT2D eigenvalue weighted by molar-refractivity contribution is 7.89. The second-order valence-corrected chi connectivity index (χ2v) is 7.06. The zero-order chi connectivity index (χ0) is 16.1. The van der Waals surface area contributed by atoms with Crippen LogP contribution in [0.15, 0.2) is 23.1 Å². The maximum atomic E-state index is 13.4. The molecule has 0 saturated carbocycles. The summed E-state index contributed by atoms with van der Waals surface area (Å²) in [6.07, 6.45) is 0. The van der Waals surface area contributed by atoms with Crippen LogP contribution in [0.1, 0.15) is 26.3 Å². The van der Waals surface area contributed by atoms with E-state index in [-0.39, 0.29) is 11.4 Å². The zero-order valence-electron chi connectivity index (χ0n) is 12.9. The fraction of sp³-hybridized carbons (Fsp3) is 0.571. The van der Waals surface area contributed by atoms with Crippen LogP contribution in [0.4, 0.5) is 4.39 Å². The van der Waals surface area contributed by atoms with Gasteiger partial charge >= 0.3 is 0 Å². The second-order valence-electron chi connectivity index (χ2n) is 5.32. The molecule has 5 nitrogen and oxygen atoms in total. The van der Waals surface area contributed by atoms with E-state index in [4.69, 9.17) is 4.74 Å². The topological polar surface area (TPSA) is 67.4 Å². The molecule has 0 amide bonds. The lowest BCUT2D eigenvalue weighted by Gasteiger charge is -2.23. The summed E-state index contributed by atoms with van der Waals surface area (Å²) < 4.78 is 45.8. The van der Waals surface area contributed by atoms with Crippen molar-refractivity contribution in [2.24, 2.45) is 0 Å². The molecule has 0 spiro atoms. The Bertz CT molecular complexity index is 574. The molecule has 0 saturated heterocycles. The van der Waals surface area contributed by atoms with Gasteiger partial charge in [0.2, 0.25) is 10.0 Å². The van der Waals surface area contributed by atoms with E-state index in [0.717, 1.165) is 6.07 Å². The van der Waals surface area contributed by atoms with Gasteiger partial charge in [0.25, 0.3) is 0 Å². The second kappa shape index (κ2) is 7.31. The molecule has 1 aromatic rings. The lowest BCUT2D eigenvalue weighted by atomic mass is 10.1. The van der Waals surface area contributed by atoms with Crippen LogP contribution in [0.3, 0.4) is 0 Å². The molecule has 0 aliphatic heterocycles. The van der Waals surface area contributed by atoms with E-state index in [1.165, 1.54) is 19.2 Å². The number of hydrogen-bond donors (Lipinski definition) is 2. The van der Waals surface area contributed by atoms with Crippen LogP contribution in [0.5, 0.6) is 0 Å². The molecule has 2 N–H and O–H groups in total. The van der Waals surface area contributed by atoms with Crippen LogP contribution in [0.2, 0.25) is 0 Å². The van der Waals surface area contributed by atoms with Gasteiger partial charge in [-0.3, -0.25) is 0 Å². The van der Waals surface area contributed by atoms with Gasteiger partial charge in [-0.25, -0.2) is 17.5 Å². The standard InChI is InChI=1S/C14H23FN2O3S/c1-5-16-9-11-6-7-12(15)8-13(11)21(18,19)17-10-14(2,3)20-4/h6-8,16-17H,5,9-10H2,1-4H3. The molecular formula is C14H23FN2O3S. The lowest BCUT2D eigenvalue weighted by Crippen LogP contribution is -2.40. The lowest BCUT2D eigenvalue weighted by molar-refractivity contribution is 0.0276. The number of sulfonamides is 1. The summed E-state index contributed by atoms with van der Waals surface area (Å²) in [5.41, 5.74) is -0.108. The summed E-state index contributed by atoms with van der Waals surface area (Å²) in [5, 5.41) is 3.04. The van der Waals surface area contributed by atoms with Gasteiger partial charge in [-0.2, -0.15) is 0 Å². The van der Waals surface area contributed by atoms with Gasteiger partial charge in [0.15, 0.2) is 0 Å². The third-order valence-electron chi connectivity index (χ3n) is 3.12. The maximum Gasteiger partial charge on any atom is 0.241 e. The van der Waals surface area contributed by atoms with Crippen LogP contribution in [-0.2, 0) is 21.3 Å². The molecule has 0 heterocycles. The van der Waals surface area contributed by atoms with Crippen molar-refractivity contribution in [1.29, 1.82) is 0 Å². The molecule has 0 atom stereocenters. The number of rotatable bonds is 8. The highest BCUT2D eigenvalue weighted by atomic mass is 32.2. The summed E-state index contributed by atoms with van der Waals surface area (Å²) in [6, 6.07) is 3.77. The Hall–Kier alpha value is -1.02. The Morgan fingerprint density at radius 2 is 2.00 bits per heavy atom. The van der Waals surface area contributed by atoms with E-state index < -0.39 is 21.4 Å². The van der Waals surface area contributed by atoms with Crippen molar-refractivity contribution in [2.75, 3.05) is 20.2 Å². The largest absolute Gasteiger partial charge is 0.377 e. The van der Waals surface area contributed by atoms with Crippen molar-refractivity contribution >= 4 is 10.0 Å². The monoisotopic (exact) mass is 318 g/mol. The molecule has 0 aliphatic rings. The average Bonchev–Trinajstić information content (AvgIpc) is 2.44. The van der Waals surface area contributed by atoms with Crippen molar-refractivity contribution in [3.8, 4) is 0 Å². The highest BCUT2D eigenvalue weighted by Gasteiger charge is 2.24. The number of benzene rings is 1. The average molecular weight is 318 g/mol. The molecule has 120 valence electrons. The van der Waals surface area contributed by atoms with Crippen LogP contribution < -0.4 is 10.0 Å². The Balaban J connectivity index is 3.03. The van der Waals surface area contributed by atoms with Crippen molar-refractivity contribution < 1.29 is 17.5 Å². The van der Waals surface area contributed by atoms with Crippen LogP contribution in [-0.4, -0.2) is 34.2 Å². The Labute approximate surface area is 125 Å². The fourth-order valence-electron chi connectivity index (χ4n) is 1.60. The Morgan fingerprint density at radius 1 is 1.33 bits per heavy atom. The minimum absolute atomic E-state index is 0.0460. The molecule has 0 bridgehead atoms. The summed E-state index contributed by atoms with van der Waals surface area (Å²) in [6.45, 7) is 6.60. The molecule has 1 aromatic carbocycles. The summed E-state index contributed by atoms with van der Waals surface area (Å²) in [7, 11) is -2.29. The van der Waals surface area contributed by atoms with E-state index in [1.807, 2.05) is 6.92 Å². The number of ether oxygens (including phenoxy) is 1. The minimum atomic E-state index is -3.80. The van der Waals surface area contributed by atoms with Crippen molar-refractivity contribution in [3.63, 3.8) is 0 Å². The molecule has 1 rings (SSSR count). The van der Waals surface area contributed by atoms with Gasteiger partial charge in [-0.05, 0) is 38.1 Å². The summed E-state index contributed by atoms with van der Waals surface area (Å²) in [5.74, 6) is -0.582. The molecule has 0 fully saturated rings. The van der Waals surface area contributed by atoms with E-state index in [2.05, 4.69) is 10.0 Å². The summed E-state index contributed by atoms with van der Waals surface area (Å²) in [4.78, 5) is -0.0460. The highest BCUT2D eigenvalue weighted by Crippen LogP contribution is 2.18. The number of hydrogen-bond acceptors (Lipinski definition) is 4. The summed E-state index contributed by atoms with van der Waals surface area (Å²) >= 11 is 0. The number of methoxy groups -OCH3 is 1. The molecular weight excluding hydrogens is 295 g/mol. The van der Waals surface area contributed by atoms with E-state index in [9.17, 15) is 12.8 Å². The van der Waals surface area contributed by atoms with Gasteiger partial charge in [-0.15, -0.1) is 0 Å². The van der Waals surface area contributed by atoms with E-state index >= 15 is 0 Å². The van der Waals surface area contributed by atoms with Crippen LogP contribution in [0, 0.1) is 5.82 Å². The first kappa shape index (κ1) is 18.0. The SMILES string of the molecule is CCNCc1ccc(F)cc1S(=O)(=O)NCC(C)(C)OC. The predicted molar refractivity (Wildman–Crippen MR) is 80.1 cm³/mol. The van der Waals surface area contributed by atoms with Gasteiger partial charge in [0.1, 0.15) is 5.82 Å². The van der Waals surface area contributed by atoms with E-state index in [0.29, 0.717) is 18.7 Å². The molecule has 7 heteroatoms. The van der Waals surface area contributed by atoms with E-state index in [1.54, 1.807) is 13.8 Å². The first-order valence-corrected chi connectivity index (χ1v) is 8.24. The third-order valence-corrected chi connectivity index (χ3v) is 4.61. The Kier molecular flexibility index (Phi) is 6.27. The number of halogens is 1. The molecule has 0 radical (unpaired) electrons. The van der Waals surface area contributed by atoms with Crippen molar-refractivity contribution in [3.05, 3.63) is 29.6 Å². The van der Waals surface area contributed by atoms with Crippen LogP contribution in [0.25, 0.3) is 0 Å². The Morgan fingerprint density at radius 3 is 2.57 bits per heavy atom. The van der Waals surface area contributed by atoms with Gasteiger partial charge in [0.05, 0.1) is 10.5 Å². The molecule has 0 aromatic heterocycles. The van der Waals surface area contributed by atoms with Crippen molar-refractivity contribution in [2.45, 2.75) is 37.8 Å². The fourth-order valence-corrected chi connectivity index (χ4v) is 3.05. The zero-order valence-corrected chi connectivity index (χ0v) is 13.7. The molecule has 0 unspecified atom stereocenters. The first-order valence-electron chi connectivity index (χ1n) is 6.76. The van der Waals surface area contributed by atoms with Gasteiger partial charge in [0, 0.05) is 20.2 Å². The first-order chi connectivity index (χ1) is 9.72. The molecule has 0 aliphatic carbocycles. The predicted octanol–water partition coefficient (Wildman–Crippen LogP) is 1.64. The minimum Gasteiger partial charge on any atom is -0.377 e. The smallest absolute Gasteiger partial charge is 0.241 e.